The van der Waals surface area contributed by atoms with Crippen LogP contribution in [0.3, 0.4) is 0 Å². The summed E-state index contributed by atoms with van der Waals surface area (Å²) in [7, 11) is 0. The molecule has 1 heterocycles. The first-order chi connectivity index (χ1) is 15.2. The second-order valence-electron chi connectivity index (χ2n) is 9.14. The third-order valence-electron chi connectivity index (χ3n) is 5.09. The molecule has 0 aliphatic heterocycles. The maximum atomic E-state index is 12.9. The predicted molar refractivity (Wildman–Crippen MR) is 134 cm³/mol. The minimum absolute atomic E-state index is 0.112. The summed E-state index contributed by atoms with van der Waals surface area (Å²) in [4.78, 5) is 18.8. The minimum atomic E-state index is -0.524. The predicted octanol–water partition coefficient (Wildman–Crippen LogP) is 5.96. The Morgan fingerprint density at radius 2 is 1.81 bits per heavy atom. The van der Waals surface area contributed by atoms with Gasteiger partial charge in [-0.05, 0) is 74.9 Å². The molecule has 0 saturated carbocycles. The zero-order valence-electron chi connectivity index (χ0n) is 19.3. The molecule has 1 N–H and O–H groups in total. The molecular weight excluding hydrogens is 466 g/mol. The number of hydrogen-bond donors (Lipinski definition) is 1. The van der Waals surface area contributed by atoms with Crippen LogP contribution in [0.1, 0.15) is 38.8 Å². The second-order valence-corrected chi connectivity index (χ2v) is 10.1. The SMILES string of the molecule is C[C@H](CN(CCc1ccc(Br)cc1)C(=O)OC(C)(C)C)NCc1ccc2cnccc2c1. The Hall–Kier alpha value is -2.44. The molecule has 170 valence electrons. The summed E-state index contributed by atoms with van der Waals surface area (Å²) in [6, 6.07) is 16.7. The Morgan fingerprint density at radius 3 is 2.53 bits per heavy atom. The Morgan fingerprint density at radius 1 is 1.09 bits per heavy atom. The molecule has 0 spiro atoms. The van der Waals surface area contributed by atoms with Gasteiger partial charge in [0.25, 0.3) is 0 Å². The number of ether oxygens (including phenoxy) is 1. The molecule has 32 heavy (non-hydrogen) atoms. The highest BCUT2D eigenvalue weighted by molar-refractivity contribution is 9.10. The fourth-order valence-corrected chi connectivity index (χ4v) is 3.69. The van der Waals surface area contributed by atoms with Crippen LogP contribution in [0.5, 0.6) is 0 Å². The van der Waals surface area contributed by atoms with Crippen molar-refractivity contribution in [1.29, 1.82) is 0 Å². The van der Waals surface area contributed by atoms with Crippen molar-refractivity contribution in [3.8, 4) is 0 Å². The van der Waals surface area contributed by atoms with E-state index in [4.69, 9.17) is 4.74 Å². The van der Waals surface area contributed by atoms with Crippen molar-refractivity contribution in [3.63, 3.8) is 0 Å². The monoisotopic (exact) mass is 497 g/mol. The number of hydrogen-bond acceptors (Lipinski definition) is 4. The fraction of sp³-hybridized carbons (Fsp3) is 0.385. The quantitative estimate of drug-likeness (QED) is 0.417. The Bertz CT molecular complexity index is 1030. The summed E-state index contributed by atoms with van der Waals surface area (Å²) in [5, 5.41) is 5.86. The normalized spacial score (nSPS) is 12.5. The van der Waals surface area contributed by atoms with Gasteiger partial charge in [-0.3, -0.25) is 4.98 Å². The fourth-order valence-electron chi connectivity index (χ4n) is 3.43. The Balaban J connectivity index is 1.60. The highest BCUT2D eigenvalue weighted by Gasteiger charge is 2.23. The molecule has 0 bridgehead atoms. The van der Waals surface area contributed by atoms with Gasteiger partial charge in [-0.25, -0.2) is 4.79 Å². The molecule has 0 aliphatic rings. The van der Waals surface area contributed by atoms with Gasteiger partial charge in [-0.2, -0.15) is 0 Å². The zero-order valence-corrected chi connectivity index (χ0v) is 20.9. The van der Waals surface area contributed by atoms with Crippen molar-refractivity contribution < 1.29 is 9.53 Å². The first-order valence-corrected chi connectivity index (χ1v) is 11.8. The van der Waals surface area contributed by atoms with Gasteiger partial charge in [0, 0.05) is 47.9 Å². The van der Waals surface area contributed by atoms with Gasteiger partial charge in [-0.15, -0.1) is 0 Å². The maximum Gasteiger partial charge on any atom is 0.410 e. The van der Waals surface area contributed by atoms with Crippen LogP contribution in [0, 0.1) is 0 Å². The molecule has 5 nitrogen and oxygen atoms in total. The van der Waals surface area contributed by atoms with Crippen molar-refractivity contribution in [2.24, 2.45) is 0 Å². The summed E-state index contributed by atoms with van der Waals surface area (Å²) < 4.78 is 6.71. The average Bonchev–Trinajstić information content (AvgIpc) is 2.75. The van der Waals surface area contributed by atoms with Crippen molar-refractivity contribution in [2.45, 2.75) is 52.3 Å². The minimum Gasteiger partial charge on any atom is -0.444 e. The molecule has 1 amide bonds. The smallest absolute Gasteiger partial charge is 0.410 e. The number of nitrogens with one attached hydrogen (secondary N) is 1. The molecule has 0 aliphatic carbocycles. The van der Waals surface area contributed by atoms with E-state index in [0.717, 1.165) is 22.8 Å². The van der Waals surface area contributed by atoms with E-state index in [1.54, 1.807) is 4.90 Å². The molecule has 6 heteroatoms. The highest BCUT2D eigenvalue weighted by Crippen LogP contribution is 2.16. The van der Waals surface area contributed by atoms with Crippen molar-refractivity contribution in [3.05, 3.63) is 76.5 Å². The Kier molecular flexibility index (Phi) is 8.26. The van der Waals surface area contributed by atoms with Crippen LogP contribution in [0.2, 0.25) is 0 Å². The number of amides is 1. The van der Waals surface area contributed by atoms with Crippen LogP contribution < -0.4 is 5.32 Å². The number of nitrogens with zero attached hydrogens (tertiary/aromatic N) is 2. The first-order valence-electron chi connectivity index (χ1n) is 11.0. The molecule has 0 radical (unpaired) electrons. The molecule has 0 unspecified atom stereocenters. The number of rotatable bonds is 8. The van der Waals surface area contributed by atoms with E-state index in [1.165, 1.54) is 16.5 Å². The highest BCUT2D eigenvalue weighted by atomic mass is 79.9. The van der Waals surface area contributed by atoms with E-state index in [9.17, 15) is 4.79 Å². The van der Waals surface area contributed by atoms with E-state index >= 15 is 0 Å². The van der Waals surface area contributed by atoms with Crippen LogP contribution in [0.25, 0.3) is 10.8 Å². The van der Waals surface area contributed by atoms with Crippen LogP contribution in [-0.2, 0) is 17.7 Å². The Labute approximate surface area is 199 Å². The molecule has 3 rings (SSSR count). The lowest BCUT2D eigenvalue weighted by atomic mass is 10.1. The van der Waals surface area contributed by atoms with Crippen molar-refractivity contribution in [2.75, 3.05) is 13.1 Å². The maximum absolute atomic E-state index is 12.9. The molecule has 0 fully saturated rings. The van der Waals surface area contributed by atoms with Gasteiger partial charge >= 0.3 is 6.09 Å². The molecular formula is C26H32BrN3O2. The standard InChI is InChI=1S/C26H32BrN3O2/c1-19(29-16-21-5-8-23-17-28-13-11-22(23)15-21)18-30(25(31)32-26(2,3)4)14-12-20-6-9-24(27)10-7-20/h5-11,13,15,17,19,29H,12,14,16,18H2,1-4H3/t19-/m1/s1. The third-order valence-corrected chi connectivity index (χ3v) is 5.62. The zero-order chi connectivity index (χ0) is 23.1. The van der Waals surface area contributed by atoms with Gasteiger partial charge in [-0.1, -0.05) is 40.2 Å². The summed E-state index contributed by atoms with van der Waals surface area (Å²) >= 11 is 3.47. The van der Waals surface area contributed by atoms with Gasteiger partial charge in [0.1, 0.15) is 5.60 Å². The van der Waals surface area contributed by atoms with Crippen LogP contribution in [-0.4, -0.2) is 40.7 Å². The van der Waals surface area contributed by atoms with Gasteiger partial charge in [0.15, 0.2) is 0 Å². The van der Waals surface area contributed by atoms with E-state index < -0.39 is 5.60 Å². The molecule has 1 atom stereocenters. The number of halogens is 1. The second kappa shape index (κ2) is 10.9. The summed E-state index contributed by atoms with van der Waals surface area (Å²) in [5.41, 5.74) is 1.87. The number of carbonyl (C=O) groups is 1. The van der Waals surface area contributed by atoms with Crippen LogP contribution in [0.15, 0.2) is 65.4 Å². The number of fused-ring (bicyclic) bond motifs is 1. The number of pyridine rings is 1. The summed E-state index contributed by atoms with van der Waals surface area (Å²) in [6.07, 6.45) is 4.19. The van der Waals surface area contributed by atoms with E-state index in [1.807, 2.05) is 51.4 Å². The number of aromatic nitrogens is 1. The first kappa shape index (κ1) is 24.2. The molecule has 3 aromatic rings. The van der Waals surface area contributed by atoms with Crippen molar-refractivity contribution in [1.82, 2.24) is 15.2 Å². The number of benzene rings is 2. The third kappa shape index (κ3) is 7.61. The van der Waals surface area contributed by atoms with Crippen LogP contribution >= 0.6 is 15.9 Å². The summed E-state index contributed by atoms with van der Waals surface area (Å²) in [6.45, 7) is 9.70. The molecule has 2 aromatic carbocycles. The topological polar surface area (TPSA) is 54.5 Å². The van der Waals surface area contributed by atoms with Gasteiger partial charge < -0.3 is 15.0 Å². The van der Waals surface area contributed by atoms with E-state index in [0.29, 0.717) is 13.1 Å². The van der Waals surface area contributed by atoms with E-state index in [-0.39, 0.29) is 12.1 Å². The number of carbonyl (C=O) groups excluding carboxylic acids is 1. The average molecular weight is 498 g/mol. The van der Waals surface area contributed by atoms with Crippen LogP contribution in [0.4, 0.5) is 4.79 Å². The van der Waals surface area contributed by atoms with Gasteiger partial charge in [0.2, 0.25) is 0 Å². The van der Waals surface area contributed by atoms with Crippen molar-refractivity contribution >= 4 is 32.8 Å². The summed E-state index contributed by atoms with van der Waals surface area (Å²) in [5.74, 6) is 0. The lowest BCUT2D eigenvalue weighted by Gasteiger charge is -2.29. The van der Waals surface area contributed by atoms with E-state index in [2.05, 4.69) is 63.5 Å². The molecule has 1 aromatic heterocycles. The van der Waals surface area contributed by atoms with Gasteiger partial charge in [0.05, 0.1) is 0 Å². The molecule has 0 saturated heterocycles. The lowest BCUT2D eigenvalue weighted by Crippen LogP contribution is -2.45. The lowest BCUT2D eigenvalue weighted by molar-refractivity contribution is 0.0237. The largest absolute Gasteiger partial charge is 0.444 e.